The van der Waals surface area contributed by atoms with E-state index in [1.165, 1.54) is 12.1 Å². The van der Waals surface area contributed by atoms with Crippen LogP contribution in [0.3, 0.4) is 0 Å². The molecule has 1 amide bonds. The highest BCUT2D eigenvalue weighted by atomic mass is 19.1. The lowest BCUT2D eigenvalue weighted by Gasteiger charge is -2.30. The van der Waals surface area contributed by atoms with Crippen LogP contribution in [-0.4, -0.2) is 43.0 Å². The first-order valence-electron chi connectivity index (χ1n) is 7.98. The van der Waals surface area contributed by atoms with Gasteiger partial charge in [0.05, 0.1) is 19.1 Å². The number of nitrogens with one attached hydrogen (secondary N) is 1. The first-order chi connectivity index (χ1) is 11.1. The van der Waals surface area contributed by atoms with Crippen LogP contribution in [0.25, 0.3) is 0 Å². The number of benzene rings is 1. The number of piperidine rings is 1. The van der Waals surface area contributed by atoms with E-state index in [2.05, 4.69) is 5.32 Å². The number of esters is 1. The molecule has 1 heterocycles. The molecule has 1 aromatic rings. The SMILES string of the molecule is CCOC(=O)[C@H]1CCCN(CC(=O)NCc2ccc(F)cc2)C1. The molecule has 0 aromatic heterocycles. The summed E-state index contributed by atoms with van der Waals surface area (Å²) in [6.45, 7) is 4.17. The zero-order valence-electron chi connectivity index (χ0n) is 13.4. The summed E-state index contributed by atoms with van der Waals surface area (Å²) in [7, 11) is 0. The van der Waals surface area contributed by atoms with Gasteiger partial charge >= 0.3 is 5.97 Å². The Morgan fingerprint density at radius 2 is 2.09 bits per heavy atom. The Bertz CT molecular complexity index is 533. The van der Waals surface area contributed by atoms with Crippen molar-refractivity contribution in [2.75, 3.05) is 26.2 Å². The second-order valence-corrected chi connectivity index (χ2v) is 5.73. The van der Waals surface area contributed by atoms with Crippen molar-refractivity contribution in [3.63, 3.8) is 0 Å². The van der Waals surface area contributed by atoms with Crippen molar-refractivity contribution in [1.82, 2.24) is 10.2 Å². The lowest BCUT2D eigenvalue weighted by Crippen LogP contribution is -2.44. The van der Waals surface area contributed by atoms with Crippen LogP contribution in [-0.2, 0) is 20.9 Å². The van der Waals surface area contributed by atoms with Gasteiger partial charge in [-0.05, 0) is 44.0 Å². The Morgan fingerprint density at radius 3 is 2.78 bits per heavy atom. The highest BCUT2D eigenvalue weighted by Gasteiger charge is 2.27. The van der Waals surface area contributed by atoms with Gasteiger partial charge in [0.15, 0.2) is 0 Å². The Labute approximate surface area is 135 Å². The van der Waals surface area contributed by atoms with Gasteiger partial charge in [-0.3, -0.25) is 14.5 Å². The van der Waals surface area contributed by atoms with Crippen LogP contribution < -0.4 is 5.32 Å². The van der Waals surface area contributed by atoms with Crippen LogP contribution in [0.1, 0.15) is 25.3 Å². The number of nitrogens with zero attached hydrogens (tertiary/aromatic N) is 1. The third-order valence-corrected chi connectivity index (χ3v) is 3.90. The molecule has 1 fully saturated rings. The van der Waals surface area contributed by atoms with Crippen molar-refractivity contribution in [2.45, 2.75) is 26.3 Å². The molecule has 126 valence electrons. The molecular formula is C17H23FN2O3. The number of halogens is 1. The van der Waals surface area contributed by atoms with Crippen LogP contribution >= 0.6 is 0 Å². The molecule has 0 unspecified atom stereocenters. The Morgan fingerprint density at radius 1 is 1.35 bits per heavy atom. The quantitative estimate of drug-likeness (QED) is 0.810. The molecule has 0 saturated carbocycles. The van der Waals surface area contributed by atoms with Crippen LogP contribution in [0.4, 0.5) is 4.39 Å². The normalized spacial score (nSPS) is 18.4. The van der Waals surface area contributed by atoms with Gasteiger partial charge in [0, 0.05) is 13.1 Å². The van der Waals surface area contributed by atoms with E-state index < -0.39 is 0 Å². The molecule has 1 saturated heterocycles. The minimum atomic E-state index is -0.293. The summed E-state index contributed by atoms with van der Waals surface area (Å²) >= 11 is 0. The molecule has 1 atom stereocenters. The maximum absolute atomic E-state index is 12.8. The molecular weight excluding hydrogens is 299 g/mol. The van der Waals surface area contributed by atoms with E-state index in [-0.39, 0.29) is 30.2 Å². The summed E-state index contributed by atoms with van der Waals surface area (Å²) in [4.78, 5) is 25.8. The fourth-order valence-electron chi connectivity index (χ4n) is 2.71. The maximum Gasteiger partial charge on any atom is 0.310 e. The van der Waals surface area contributed by atoms with E-state index in [1.807, 2.05) is 4.90 Å². The van der Waals surface area contributed by atoms with E-state index in [9.17, 15) is 14.0 Å². The summed E-state index contributed by atoms with van der Waals surface area (Å²) < 4.78 is 17.9. The average Bonchev–Trinajstić information content (AvgIpc) is 2.55. The van der Waals surface area contributed by atoms with Crippen LogP contribution in [0.2, 0.25) is 0 Å². The second kappa shape index (κ2) is 8.62. The Hall–Kier alpha value is -1.95. The third kappa shape index (κ3) is 5.63. The zero-order chi connectivity index (χ0) is 16.7. The number of amides is 1. The molecule has 0 bridgehead atoms. The van der Waals surface area contributed by atoms with Crippen molar-refractivity contribution in [1.29, 1.82) is 0 Å². The second-order valence-electron chi connectivity index (χ2n) is 5.73. The topological polar surface area (TPSA) is 58.6 Å². The van der Waals surface area contributed by atoms with Gasteiger partial charge < -0.3 is 10.1 Å². The molecule has 0 spiro atoms. The van der Waals surface area contributed by atoms with Gasteiger partial charge in [0.1, 0.15) is 5.82 Å². The Kier molecular flexibility index (Phi) is 6.52. The highest BCUT2D eigenvalue weighted by Crippen LogP contribution is 2.17. The smallest absolute Gasteiger partial charge is 0.310 e. The van der Waals surface area contributed by atoms with Gasteiger partial charge in [0.25, 0.3) is 0 Å². The molecule has 1 aromatic carbocycles. The van der Waals surface area contributed by atoms with Crippen LogP contribution in [0.15, 0.2) is 24.3 Å². The predicted octanol–water partition coefficient (Wildman–Crippen LogP) is 1.72. The molecule has 23 heavy (non-hydrogen) atoms. The lowest BCUT2D eigenvalue weighted by molar-refractivity contribution is -0.150. The molecule has 6 heteroatoms. The number of carbonyl (C=O) groups is 2. The fraction of sp³-hybridized carbons (Fsp3) is 0.529. The molecule has 0 radical (unpaired) electrons. The first-order valence-corrected chi connectivity index (χ1v) is 7.98. The molecule has 5 nitrogen and oxygen atoms in total. The molecule has 2 rings (SSSR count). The average molecular weight is 322 g/mol. The fourth-order valence-corrected chi connectivity index (χ4v) is 2.71. The van der Waals surface area contributed by atoms with Gasteiger partial charge in [0.2, 0.25) is 5.91 Å². The van der Waals surface area contributed by atoms with Crippen LogP contribution in [0, 0.1) is 11.7 Å². The van der Waals surface area contributed by atoms with Gasteiger partial charge in [-0.2, -0.15) is 0 Å². The summed E-state index contributed by atoms with van der Waals surface area (Å²) in [5.74, 6) is -0.713. The van der Waals surface area contributed by atoms with E-state index >= 15 is 0 Å². The summed E-state index contributed by atoms with van der Waals surface area (Å²) in [6.07, 6.45) is 1.70. The van der Waals surface area contributed by atoms with E-state index in [4.69, 9.17) is 4.74 Å². The largest absolute Gasteiger partial charge is 0.466 e. The van der Waals surface area contributed by atoms with Crippen LogP contribution in [0.5, 0.6) is 0 Å². The molecule has 1 N–H and O–H groups in total. The number of likely N-dealkylation sites (tertiary alicyclic amines) is 1. The minimum absolute atomic E-state index is 0.0983. The maximum atomic E-state index is 12.8. The van der Waals surface area contributed by atoms with E-state index in [0.29, 0.717) is 19.7 Å². The number of rotatable bonds is 6. The van der Waals surface area contributed by atoms with Crippen molar-refractivity contribution >= 4 is 11.9 Å². The highest BCUT2D eigenvalue weighted by molar-refractivity contribution is 5.78. The zero-order valence-corrected chi connectivity index (χ0v) is 13.4. The number of hydrogen-bond acceptors (Lipinski definition) is 4. The number of carbonyl (C=O) groups excluding carboxylic acids is 2. The van der Waals surface area contributed by atoms with Gasteiger partial charge in [-0.25, -0.2) is 4.39 Å². The molecule has 1 aliphatic rings. The van der Waals surface area contributed by atoms with E-state index in [0.717, 1.165) is 24.9 Å². The monoisotopic (exact) mass is 322 g/mol. The van der Waals surface area contributed by atoms with Crippen molar-refractivity contribution < 1.29 is 18.7 Å². The number of ether oxygens (including phenoxy) is 1. The predicted molar refractivity (Wildman–Crippen MR) is 84.0 cm³/mol. The summed E-state index contributed by atoms with van der Waals surface area (Å²) in [5.41, 5.74) is 0.850. The van der Waals surface area contributed by atoms with Crippen molar-refractivity contribution in [3.05, 3.63) is 35.6 Å². The lowest BCUT2D eigenvalue weighted by atomic mass is 9.98. The van der Waals surface area contributed by atoms with Gasteiger partial charge in [-0.15, -0.1) is 0 Å². The standard InChI is InChI=1S/C17H23FN2O3/c1-2-23-17(22)14-4-3-9-20(11-14)12-16(21)19-10-13-5-7-15(18)8-6-13/h5-8,14H,2-4,9-12H2,1H3,(H,19,21)/t14-/m0/s1. The molecule has 1 aliphatic heterocycles. The van der Waals surface area contributed by atoms with E-state index in [1.54, 1.807) is 19.1 Å². The summed E-state index contributed by atoms with van der Waals surface area (Å²) in [5, 5.41) is 2.82. The Balaban J connectivity index is 1.76. The first kappa shape index (κ1) is 17.4. The molecule has 0 aliphatic carbocycles. The summed E-state index contributed by atoms with van der Waals surface area (Å²) in [6, 6.07) is 6.03. The third-order valence-electron chi connectivity index (χ3n) is 3.90. The van der Waals surface area contributed by atoms with Crippen molar-refractivity contribution in [3.8, 4) is 0 Å². The number of hydrogen-bond donors (Lipinski definition) is 1. The van der Waals surface area contributed by atoms with Crippen molar-refractivity contribution in [2.24, 2.45) is 5.92 Å². The minimum Gasteiger partial charge on any atom is -0.466 e. The van der Waals surface area contributed by atoms with Gasteiger partial charge in [-0.1, -0.05) is 12.1 Å².